The van der Waals surface area contributed by atoms with Crippen molar-refractivity contribution in [2.75, 3.05) is 6.54 Å². The zero-order chi connectivity index (χ0) is 19.8. The Bertz CT molecular complexity index is 765. The van der Waals surface area contributed by atoms with E-state index in [-0.39, 0.29) is 6.61 Å². The van der Waals surface area contributed by atoms with Crippen LogP contribution in [-0.4, -0.2) is 35.8 Å². The minimum atomic E-state index is -0.793. The molecule has 1 saturated heterocycles. The van der Waals surface area contributed by atoms with E-state index in [1.807, 2.05) is 60.7 Å². The Balaban J connectivity index is 1.64. The monoisotopic (exact) mass is 383 g/mol. The van der Waals surface area contributed by atoms with E-state index in [2.05, 4.69) is 0 Å². The highest BCUT2D eigenvalue weighted by molar-refractivity contribution is 5.70. The molecule has 0 N–H and O–H groups in total. The lowest BCUT2D eigenvalue weighted by atomic mass is 10.1. The van der Waals surface area contributed by atoms with Crippen molar-refractivity contribution in [1.82, 2.24) is 4.90 Å². The van der Waals surface area contributed by atoms with E-state index in [1.54, 1.807) is 0 Å². The molecular weight excluding hydrogens is 358 g/mol. The van der Waals surface area contributed by atoms with E-state index in [4.69, 9.17) is 14.2 Å². The minimum absolute atomic E-state index is 0.165. The van der Waals surface area contributed by atoms with Crippen molar-refractivity contribution < 1.29 is 23.8 Å². The number of ether oxygens (including phenoxy) is 3. The van der Waals surface area contributed by atoms with Crippen molar-refractivity contribution >= 4 is 12.1 Å². The fraction of sp³-hybridized carbons (Fsp3) is 0.364. The second kappa shape index (κ2) is 9.90. The molecule has 0 aromatic heterocycles. The number of esters is 1. The molecule has 2 aromatic rings. The molecule has 2 unspecified atom stereocenters. The van der Waals surface area contributed by atoms with E-state index in [1.165, 1.54) is 11.8 Å². The van der Waals surface area contributed by atoms with Gasteiger partial charge in [-0.15, -0.1) is 0 Å². The van der Waals surface area contributed by atoms with Crippen molar-refractivity contribution in [1.29, 1.82) is 0 Å². The zero-order valence-corrected chi connectivity index (χ0v) is 16.0. The van der Waals surface area contributed by atoms with Gasteiger partial charge in [0.1, 0.15) is 12.7 Å². The lowest BCUT2D eigenvalue weighted by Crippen LogP contribution is -2.53. The molecule has 1 heterocycles. The summed E-state index contributed by atoms with van der Waals surface area (Å²) < 4.78 is 16.9. The molecule has 0 spiro atoms. The summed E-state index contributed by atoms with van der Waals surface area (Å²) in [6.45, 7) is 2.34. The second-order valence-corrected chi connectivity index (χ2v) is 6.71. The first-order valence-corrected chi connectivity index (χ1v) is 9.43. The standard InChI is InChI=1S/C22H25NO5/c1-17(24)28-21-20(26-15-18-9-4-2-5-10-18)13-8-14-23(21)22(25)27-16-19-11-6-3-7-12-19/h2-7,9-12,20-21H,8,13-16H2,1H3. The molecule has 6 nitrogen and oxygen atoms in total. The molecule has 2 aromatic carbocycles. The van der Waals surface area contributed by atoms with Crippen LogP contribution in [0.5, 0.6) is 0 Å². The van der Waals surface area contributed by atoms with Gasteiger partial charge < -0.3 is 14.2 Å². The topological polar surface area (TPSA) is 65.1 Å². The highest BCUT2D eigenvalue weighted by Gasteiger charge is 2.38. The number of hydrogen-bond donors (Lipinski definition) is 0. The third-order valence-corrected chi connectivity index (χ3v) is 4.55. The first-order chi connectivity index (χ1) is 13.6. The molecule has 0 aliphatic carbocycles. The highest BCUT2D eigenvalue weighted by Crippen LogP contribution is 2.24. The summed E-state index contributed by atoms with van der Waals surface area (Å²) in [6, 6.07) is 19.2. The zero-order valence-electron chi connectivity index (χ0n) is 16.0. The molecule has 1 aliphatic heterocycles. The molecule has 3 rings (SSSR count). The Hall–Kier alpha value is -2.86. The van der Waals surface area contributed by atoms with Crippen LogP contribution in [0.15, 0.2) is 60.7 Å². The number of piperidine rings is 1. The maximum absolute atomic E-state index is 12.6. The van der Waals surface area contributed by atoms with E-state index in [0.29, 0.717) is 19.6 Å². The third-order valence-electron chi connectivity index (χ3n) is 4.55. The van der Waals surface area contributed by atoms with Crippen LogP contribution in [0.3, 0.4) is 0 Å². The highest BCUT2D eigenvalue weighted by atomic mass is 16.6. The summed E-state index contributed by atoms with van der Waals surface area (Å²) in [5.41, 5.74) is 1.92. The van der Waals surface area contributed by atoms with Gasteiger partial charge in [-0.1, -0.05) is 60.7 Å². The van der Waals surface area contributed by atoms with Crippen LogP contribution in [0, 0.1) is 0 Å². The average molecular weight is 383 g/mol. The van der Waals surface area contributed by atoms with E-state index in [9.17, 15) is 9.59 Å². The Morgan fingerprint density at radius 3 is 2.18 bits per heavy atom. The van der Waals surface area contributed by atoms with Gasteiger partial charge in [-0.05, 0) is 24.0 Å². The molecule has 1 aliphatic rings. The Morgan fingerprint density at radius 2 is 1.57 bits per heavy atom. The van der Waals surface area contributed by atoms with Crippen LogP contribution < -0.4 is 0 Å². The van der Waals surface area contributed by atoms with Crippen LogP contribution in [0.25, 0.3) is 0 Å². The van der Waals surface area contributed by atoms with Crippen LogP contribution >= 0.6 is 0 Å². The van der Waals surface area contributed by atoms with E-state index >= 15 is 0 Å². The first-order valence-electron chi connectivity index (χ1n) is 9.43. The van der Waals surface area contributed by atoms with Crippen molar-refractivity contribution in [3.8, 4) is 0 Å². The Labute approximate surface area is 165 Å². The quantitative estimate of drug-likeness (QED) is 0.708. The lowest BCUT2D eigenvalue weighted by Gasteiger charge is -2.39. The molecular formula is C22H25NO5. The second-order valence-electron chi connectivity index (χ2n) is 6.71. The fourth-order valence-corrected chi connectivity index (χ4v) is 3.18. The number of hydrogen-bond acceptors (Lipinski definition) is 5. The van der Waals surface area contributed by atoms with Gasteiger partial charge in [-0.3, -0.25) is 9.69 Å². The summed E-state index contributed by atoms with van der Waals surface area (Å²) in [7, 11) is 0. The van der Waals surface area contributed by atoms with Crippen molar-refractivity contribution in [3.63, 3.8) is 0 Å². The number of carbonyl (C=O) groups is 2. The number of rotatable bonds is 6. The van der Waals surface area contributed by atoms with Crippen molar-refractivity contribution in [3.05, 3.63) is 71.8 Å². The number of amides is 1. The van der Waals surface area contributed by atoms with Crippen LogP contribution in [0.1, 0.15) is 30.9 Å². The Kier molecular flexibility index (Phi) is 7.03. The van der Waals surface area contributed by atoms with Gasteiger partial charge in [0.05, 0.1) is 6.61 Å². The molecule has 0 bridgehead atoms. The molecule has 2 atom stereocenters. The van der Waals surface area contributed by atoms with Gasteiger partial charge in [0.15, 0.2) is 0 Å². The summed E-state index contributed by atoms with van der Waals surface area (Å²) in [5, 5.41) is 0. The summed E-state index contributed by atoms with van der Waals surface area (Å²) in [4.78, 5) is 25.7. The summed E-state index contributed by atoms with van der Waals surface area (Å²) in [6.07, 6.45) is -0.256. The minimum Gasteiger partial charge on any atom is -0.444 e. The van der Waals surface area contributed by atoms with Gasteiger partial charge in [-0.25, -0.2) is 4.79 Å². The molecule has 0 saturated carbocycles. The summed E-state index contributed by atoms with van der Waals surface area (Å²) in [5.74, 6) is -0.457. The maximum Gasteiger partial charge on any atom is 0.413 e. The smallest absolute Gasteiger partial charge is 0.413 e. The molecule has 1 fully saturated rings. The molecule has 6 heteroatoms. The molecule has 148 valence electrons. The number of benzene rings is 2. The van der Waals surface area contributed by atoms with Crippen LogP contribution in [-0.2, 0) is 32.2 Å². The third kappa shape index (κ3) is 5.57. The number of likely N-dealkylation sites (tertiary alicyclic amines) is 1. The molecule has 1 amide bonds. The van der Waals surface area contributed by atoms with Gasteiger partial charge >= 0.3 is 12.1 Å². The average Bonchev–Trinajstić information content (AvgIpc) is 2.72. The predicted octanol–water partition coefficient (Wildman–Crippen LogP) is 3.89. The lowest BCUT2D eigenvalue weighted by molar-refractivity contribution is -0.180. The van der Waals surface area contributed by atoms with Gasteiger partial charge in [0, 0.05) is 13.5 Å². The summed E-state index contributed by atoms with van der Waals surface area (Å²) >= 11 is 0. The van der Waals surface area contributed by atoms with Gasteiger partial charge in [-0.2, -0.15) is 0 Å². The fourth-order valence-electron chi connectivity index (χ4n) is 3.18. The van der Waals surface area contributed by atoms with Crippen LogP contribution in [0.2, 0.25) is 0 Å². The Morgan fingerprint density at radius 1 is 0.964 bits per heavy atom. The van der Waals surface area contributed by atoms with Crippen molar-refractivity contribution in [2.45, 2.75) is 45.3 Å². The normalized spacial score (nSPS) is 19.1. The predicted molar refractivity (Wildman–Crippen MR) is 103 cm³/mol. The van der Waals surface area contributed by atoms with Gasteiger partial charge in [0.2, 0.25) is 6.23 Å². The van der Waals surface area contributed by atoms with Crippen LogP contribution in [0.4, 0.5) is 4.79 Å². The van der Waals surface area contributed by atoms with Crippen molar-refractivity contribution in [2.24, 2.45) is 0 Å². The molecule has 28 heavy (non-hydrogen) atoms. The van der Waals surface area contributed by atoms with Gasteiger partial charge in [0.25, 0.3) is 0 Å². The number of carbonyl (C=O) groups excluding carboxylic acids is 2. The van der Waals surface area contributed by atoms with E-state index in [0.717, 1.165) is 17.5 Å². The first kappa shape index (κ1) is 19.9. The maximum atomic E-state index is 12.6. The van der Waals surface area contributed by atoms with E-state index < -0.39 is 24.4 Å². The largest absolute Gasteiger partial charge is 0.444 e. The number of nitrogens with zero attached hydrogens (tertiary/aromatic N) is 1. The SMILES string of the molecule is CC(=O)OC1C(OCc2ccccc2)CCCN1C(=O)OCc1ccccc1. The molecule has 0 radical (unpaired) electrons.